The van der Waals surface area contributed by atoms with E-state index < -0.39 is 6.04 Å². The molecule has 1 amide bonds. The van der Waals surface area contributed by atoms with Gasteiger partial charge in [-0.15, -0.1) is 0 Å². The third-order valence-corrected chi connectivity index (χ3v) is 2.42. The number of aryl methyl sites for hydroxylation is 1. The summed E-state index contributed by atoms with van der Waals surface area (Å²) in [5, 5.41) is 2.69. The van der Waals surface area contributed by atoms with Gasteiger partial charge in [-0.2, -0.15) is 0 Å². The quantitative estimate of drug-likeness (QED) is 0.809. The molecule has 5 nitrogen and oxygen atoms in total. The summed E-state index contributed by atoms with van der Waals surface area (Å²) in [6.45, 7) is 4.03. The standard InChI is InChI=1S/C12H19N3O2/c1-8(2)6-10(13)12(17)14-9-4-5-11(16)15(3)7-9/h4-5,7-8,10H,6,13H2,1-3H3,(H,14,17)/t10-/m1/s1. The van der Waals surface area contributed by atoms with Crippen molar-refractivity contribution in [3.05, 3.63) is 28.7 Å². The Hall–Kier alpha value is -1.62. The molecule has 1 rings (SSSR count). The first-order valence-corrected chi connectivity index (χ1v) is 5.63. The van der Waals surface area contributed by atoms with E-state index in [1.54, 1.807) is 19.3 Å². The van der Waals surface area contributed by atoms with Crippen LogP contribution >= 0.6 is 0 Å². The summed E-state index contributed by atoms with van der Waals surface area (Å²) in [6.07, 6.45) is 2.21. The van der Waals surface area contributed by atoms with Crippen molar-refractivity contribution in [1.82, 2.24) is 4.57 Å². The van der Waals surface area contributed by atoms with E-state index in [9.17, 15) is 9.59 Å². The van der Waals surface area contributed by atoms with Crippen LogP contribution in [0.2, 0.25) is 0 Å². The number of carbonyl (C=O) groups excluding carboxylic acids is 1. The number of anilines is 1. The van der Waals surface area contributed by atoms with Crippen LogP contribution in [-0.4, -0.2) is 16.5 Å². The maximum atomic E-state index is 11.7. The van der Waals surface area contributed by atoms with E-state index in [0.29, 0.717) is 18.0 Å². The van der Waals surface area contributed by atoms with Gasteiger partial charge >= 0.3 is 0 Å². The van der Waals surface area contributed by atoms with Gasteiger partial charge in [0.25, 0.3) is 0 Å². The van der Waals surface area contributed by atoms with E-state index >= 15 is 0 Å². The van der Waals surface area contributed by atoms with Crippen molar-refractivity contribution < 1.29 is 4.79 Å². The summed E-state index contributed by atoms with van der Waals surface area (Å²) in [7, 11) is 1.63. The highest BCUT2D eigenvalue weighted by molar-refractivity contribution is 5.94. The maximum absolute atomic E-state index is 11.7. The maximum Gasteiger partial charge on any atom is 0.250 e. The van der Waals surface area contributed by atoms with Gasteiger partial charge < -0.3 is 15.6 Å². The van der Waals surface area contributed by atoms with E-state index in [4.69, 9.17) is 5.73 Å². The molecule has 0 spiro atoms. The van der Waals surface area contributed by atoms with Crippen LogP contribution in [-0.2, 0) is 11.8 Å². The minimum Gasteiger partial charge on any atom is -0.323 e. The number of amides is 1. The Morgan fingerprint density at radius 3 is 2.65 bits per heavy atom. The zero-order chi connectivity index (χ0) is 13.0. The SMILES string of the molecule is CC(C)C[C@@H](N)C(=O)Nc1ccc(=O)n(C)c1. The highest BCUT2D eigenvalue weighted by atomic mass is 16.2. The summed E-state index contributed by atoms with van der Waals surface area (Å²) in [4.78, 5) is 22.9. The fourth-order valence-electron chi connectivity index (χ4n) is 1.52. The molecule has 94 valence electrons. The van der Waals surface area contributed by atoms with Gasteiger partial charge in [-0.3, -0.25) is 9.59 Å². The lowest BCUT2D eigenvalue weighted by Crippen LogP contribution is -2.36. The number of nitrogens with zero attached hydrogens (tertiary/aromatic N) is 1. The zero-order valence-electron chi connectivity index (χ0n) is 10.4. The van der Waals surface area contributed by atoms with Gasteiger partial charge in [0.2, 0.25) is 11.5 Å². The van der Waals surface area contributed by atoms with Crippen LogP contribution in [0.25, 0.3) is 0 Å². The lowest BCUT2D eigenvalue weighted by Gasteiger charge is -2.14. The van der Waals surface area contributed by atoms with Crippen LogP contribution in [0.3, 0.4) is 0 Å². The Balaban J connectivity index is 2.67. The first kappa shape index (κ1) is 13.4. The van der Waals surface area contributed by atoms with Crippen molar-refractivity contribution in [2.45, 2.75) is 26.3 Å². The second kappa shape index (κ2) is 5.63. The van der Waals surface area contributed by atoms with Crippen molar-refractivity contribution in [2.75, 3.05) is 5.32 Å². The van der Waals surface area contributed by atoms with E-state index in [0.717, 1.165) is 0 Å². The van der Waals surface area contributed by atoms with Crippen molar-refractivity contribution in [3.8, 4) is 0 Å². The summed E-state index contributed by atoms with van der Waals surface area (Å²) in [5.74, 6) is 0.147. The van der Waals surface area contributed by atoms with Crippen molar-refractivity contribution in [2.24, 2.45) is 18.7 Å². The van der Waals surface area contributed by atoms with Crippen LogP contribution in [0, 0.1) is 5.92 Å². The minimum atomic E-state index is -0.521. The second-order valence-electron chi connectivity index (χ2n) is 4.59. The first-order valence-electron chi connectivity index (χ1n) is 5.63. The van der Waals surface area contributed by atoms with Crippen molar-refractivity contribution in [1.29, 1.82) is 0 Å². The lowest BCUT2D eigenvalue weighted by molar-refractivity contribution is -0.117. The van der Waals surface area contributed by atoms with Gasteiger partial charge in [-0.25, -0.2) is 0 Å². The largest absolute Gasteiger partial charge is 0.323 e. The van der Waals surface area contributed by atoms with E-state index in [2.05, 4.69) is 5.32 Å². The zero-order valence-corrected chi connectivity index (χ0v) is 10.4. The average Bonchev–Trinajstić information content (AvgIpc) is 2.22. The third-order valence-electron chi connectivity index (χ3n) is 2.42. The highest BCUT2D eigenvalue weighted by Gasteiger charge is 2.15. The van der Waals surface area contributed by atoms with Gasteiger partial charge in [0.05, 0.1) is 11.7 Å². The van der Waals surface area contributed by atoms with Gasteiger partial charge in [-0.05, 0) is 18.4 Å². The predicted molar refractivity (Wildman–Crippen MR) is 67.7 cm³/mol. The molecule has 0 aliphatic rings. The number of carbonyl (C=O) groups is 1. The molecule has 0 fully saturated rings. The van der Waals surface area contributed by atoms with E-state index in [1.807, 2.05) is 13.8 Å². The summed E-state index contributed by atoms with van der Waals surface area (Å²) in [6, 6.07) is 2.46. The number of hydrogen-bond donors (Lipinski definition) is 2. The first-order chi connectivity index (χ1) is 7.90. The minimum absolute atomic E-state index is 0.116. The third kappa shape index (κ3) is 4.03. The van der Waals surface area contributed by atoms with Gasteiger partial charge in [0.15, 0.2) is 0 Å². The molecule has 0 aliphatic heterocycles. The number of rotatable bonds is 4. The molecule has 3 N–H and O–H groups in total. The molecule has 5 heteroatoms. The Labute approximate surface area is 101 Å². The number of nitrogens with two attached hydrogens (primary N) is 1. The topological polar surface area (TPSA) is 77.1 Å². The molecule has 0 saturated carbocycles. The van der Waals surface area contributed by atoms with Crippen molar-refractivity contribution in [3.63, 3.8) is 0 Å². The Bertz CT molecular complexity index is 451. The molecule has 0 radical (unpaired) electrons. The summed E-state index contributed by atoms with van der Waals surface area (Å²) < 4.78 is 1.41. The fraction of sp³-hybridized carbons (Fsp3) is 0.500. The molecule has 1 aromatic heterocycles. The second-order valence-corrected chi connectivity index (χ2v) is 4.59. The molecule has 1 heterocycles. The number of pyridine rings is 1. The van der Waals surface area contributed by atoms with Crippen LogP contribution in [0.15, 0.2) is 23.1 Å². The lowest BCUT2D eigenvalue weighted by atomic mass is 10.0. The molecule has 17 heavy (non-hydrogen) atoms. The average molecular weight is 237 g/mol. The van der Waals surface area contributed by atoms with Crippen LogP contribution in [0.1, 0.15) is 20.3 Å². The van der Waals surface area contributed by atoms with Gasteiger partial charge in [-0.1, -0.05) is 13.8 Å². The smallest absolute Gasteiger partial charge is 0.250 e. The molecular weight excluding hydrogens is 218 g/mol. The molecule has 0 aromatic carbocycles. The van der Waals surface area contributed by atoms with E-state index in [-0.39, 0.29) is 11.5 Å². The normalized spacial score (nSPS) is 12.5. The number of hydrogen-bond acceptors (Lipinski definition) is 3. The summed E-state index contributed by atoms with van der Waals surface area (Å²) in [5.41, 5.74) is 6.22. The van der Waals surface area contributed by atoms with Gasteiger partial charge in [0.1, 0.15) is 0 Å². The Morgan fingerprint density at radius 1 is 1.47 bits per heavy atom. The van der Waals surface area contributed by atoms with Gasteiger partial charge in [0, 0.05) is 19.3 Å². The molecule has 0 aliphatic carbocycles. The van der Waals surface area contributed by atoms with Crippen LogP contribution in [0.5, 0.6) is 0 Å². The summed E-state index contributed by atoms with van der Waals surface area (Å²) >= 11 is 0. The highest BCUT2D eigenvalue weighted by Crippen LogP contribution is 2.07. The number of aromatic nitrogens is 1. The number of nitrogens with one attached hydrogen (secondary N) is 1. The molecule has 1 aromatic rings. The Kier molecular flexibility index (Phi) is 4.45. The molecule has 1 atom stereocenters. The predicted octanol–water partition coefficient (Wildman–Crippen LogP) is 0.697. The molecule has 0 saturated heterocycles. The van der Waals surface area contributed by atoms with E-state index in [1.165, 1.54) is 10.6 Å². The molecule has 0 unspecified atom stereocenters. The van der Waals surface area contributed by atoms with Crippen LogP contribution in [0.4, 0.5) is 5.69 Å². The molecule has 0 bridgehead atoms. The fourth-order valence-corrected chi connectivity index (χ4v) is 1.52. The Morgan fingerprint density at radius 2 is 2.12 bits per heavy atom. The molecular formula is C12H19N3O2. The monoisotopic (exact) mass is 237 g/mol. The van der Waals surface area contributed by atoms with Crippen LogP contribution < -0.4 is 16.6 Å². The van der Waals surface area contributed by atoms with Crippen molar-refractivity contribution >= 4 is 11.6 Å².